The molecule has 2 heterocycles. The summed E-state index contributed by atoms with van der Waals surface area (Å²) in [4.78, 5) is 26.0. The van der Waals surface area contributed by atoms with Crippen LogP contribution in [-0.4, -0.2) is 31.4 Å². The zero-order valence-electron chi connectivity index (χ0n) is 13.7. The first-order chi connectivity index (χ1) is 11.1. The first kappa shape index (κ1) is 16.0. The molecule has 0 aromatic heterocycles. The second-order valence-corrected chi connectivity index (χ2v) is 6.84. The van der Waals surface area contributed by atoms with Crippen molar-refractivity contribution in [2.24, 2.45) is 5.41 Å². The molecule has 1 aromatic rings. The Morgan fingerprint density at radius 2 is 2.09 bits per heavy atom. The smallest absolute Gasteiger partial charge is 0.227 e. The van der Waals surface area contributed by atoms with E-state index < -0.39 is 0 Å². The van der Waals surface area contributed by atoms with E-state index in [1.54, 1.807) is 0 Å². The van der Waals surface area contributed by atoms with Crippen LogP contribution in [0.25, 0.3) is 0 Å². The quantitative estimate of drug-likeness (QED) is 0.891. The van der Waals surface area contributed by atoms with Gasteiger partial charge in [-0.3, -0.25) is 9.59 Å². The Labute approximate surface area is 137 Å². The predicted octanol–water partition coefficient (Wildman–Crippen LogP) is 1.82. The summed E-state index contributed by atoms with van der Waals surface area (Å²) >= 11 is 0. The molecule has 2 amide bonds. The third-order valence-corrected chi connectivity index (χ3v) is 4.92. The summed E-state index contributed by atoms with van der Waals surface area (Å²) in [7, 11) is 0. The standard InChI is InChI=1S/C18H25N3O2/c1-18(9-3-10-19-13-18)17(23)20-12-14-5-7-15(8-6-14)21-11-2-4-16(21)22/h5-8,19H,2-4,9-13H2,1H3,(H,20,23). The topological polar surface area (TPSA) is 61.4 Å². The number of nitrogens with zero attached hydrogens (tertiary/aromatic N) is 1. The number of carbonyl (C=O) groups is 2. The van der Waals surface area contributed by atoms with Gasteiger partial charge in [0.1, 0.15) is 0 Å². The van der Waals surface area contributed by atoms with Crippen LogP contribution < -0.4 is 15.5 Å². The predicted molar refractivity (Wildman–Crippen MR) is 90.1 cm³/mol. The van der Waals surface area contributed by atoms with Crippen molar-refractivity contribution in [3.8, 4) is 0 Å². The van der Waals surface area contributed by atoms with Crippen molar-refractivity contribution in [1.29, 1.82) is 0 Å². The van der Waals surface area contributed by atoms with E-state index >= 15 is 0 Å². The minimum absolute atomic E-state index is 0.114. The second-order valence-electron chi connectivity index (χ2n) is 6.84. The van der Waals surface area contributed by atoms with Gasteiger partial charge >= 0.3 is 0 Å². The first-order valence-corrected chi connectivity index (χ1v) is 8.47. The molecule has 3 rings (SSSR count). The molecule has 2 saturated heterocycles. The van der Waals surface area contributed by atoms with Gasteiger partial charge in [-0.15, -0.1) is 0 Å². The van der Waals surface area contributed by atoms with Gasteiger partial charge in [-0.2, -0.15) is 0 Å². The van der Waals surface area contributed by atoms with Gasteiger partial charge in [-0.1, -0.05) is 12.1 Å². The minimum Gasteiger partial charge on any atom is -0.352 e. The normalized spacial score (nSPS) is 24.7. The third-order valence-electron chi connectivity index (χ3n) is 4.92. The van der Waals surface area contributed by atoms with E-state index in [1.807, 2.05) is 36.1 Å². The number of nitrogens with one attached hydrogen (secondary N) is 2. The van der Waals surface area contributed by atoms with Crippen LogP contribution in [0.5, 0.6) is 0 Å². The van der Waals surface area contributed by atoms with E-state index in [0.717, 1.165) is 50.1 Å². The van der Waals surface area contributed by atoms with Crippen molar-refractivity contribution < 1.29 is 9.59 Å². The summed E-state index contributed by atoms with van der Waals surface area (Å²) in [5.74, 6) is 0.312. The Morgan fingerprint density at radius 3 is 2.70 bits per heavy atom. The number of anilines is 1. The molecule has 0 radical (unpaired) electrons. The lowest BCUT2D eigenvalue weighted by Gasteiger charge is -2.32. The Bertz CT molecular complexity index is 576. The molecule has 0 spiro atoms. The van der Waals surface area contributed by atoms with E-state index in [2.05, 4.69) is 10.6 Å². The van der Waals surface area contributed by atoms with Crippen molar-refractivity contribution in [3.05, 3.63) is 29.8 Å². The van der Waals surface area contributed by atoms with Gasteiger partial charge in [0, 0.05) is 31.7 Å². The van der Waals surface area contributed by atoms with E-state index in [0.29, 0.717) is 13.0 Å². The molecule has 2 aliphatic rings. The molecule has 5 heteroatoms. The van der Waals surface area contributed by atoms with Crippen LogP contribution in [0.1, 0.15) is 38.2 Å². The van der Waals surface area contributed by atoms with E-state index in [-0.39, 0.29) is 17.2 Å². The highest BCUT2D eigenvalue weighted by Crippen LogP contribution is 2.26. The van der Waals surface area contributed by atoms with Gasteiger partial charge in [0.2, 0.25) is 11.8 Å². The van der Waals surface area contributed by atoms with Crippen LogP contribution in [0.4, 0.5) is 5.69 Å². The summed E-state index contributed by atoms with van der Waals surface area (Å²) in [6, 6.07) is 7.91. The average Bonchev–Trinajstić information content (AvgIpc) is 3.00. The lowest BCUT2D eigenvalue weighted by atomic mass is 9.82. The molecule has 5 nitrogen and oxygen atoms in total. The van der Waals surface area contributed by atoms with Crippen molar-refractivity contribution in [1.82, 2.24) is 10.6 Å². The Morgan fingerprint density at radius 1 is 1.30 bits per heavy atom. The van der Waals surface area contributed by atoms with Gasteiger partial charge in [-0.25, -0.2) is 0 Å². The molecular weight excluding hydrogens is 290 g/mol. The summed E-state index contributed by atoms with van der Waals surface area (Å²) in [5.41, 5.74) is 1.70. The highest BCUT2D eigenvalue weighted by atomic mass is 16.2. The van der Waals surface area contributed by atoms with E-state index in [1.165, 1.54) is 0 Å². The molecule has 1 atom stereocenters. The molecule has 0 aliphatic carbocycles. The number of hydrogen-bond acceptors (Lipinski definition) is 3. The van der Waals surface area contributed by atoms with Crippen LogP contribution in [0.3, 0.4) is 0 Å². The molecule has 23 heavy (non-hydrogen) atoms. The van der Waals surface area contributed by atoms with Crippen LogP contribution in [0, 0.1) is 5.41 Å². The van der Waals surface area contributed by atoms with Gasteiger partial charge in [0.25, 0.3) is 0 Å². The summed E-state index contributed by atoms with van der Waals surface area (Å²) in [6.45, 7) is 5.11. The van der Waals surface area contributed by atoms with E-state index in [4.69, 9.17) is 0 Å². The van der Waals surface area contributed by atoms with E-state index in [9.17, 15) is 9.59 Å². The number of rotatable bonds is 4. The maximum Gasteiger partial charge on any atom is 0.227 e. The summed E-state index contributed by atoms with van der Waals surface area (Å²) < 4.78 is 0. The van der Waals surface area contributed by atoms with Crippen molar-refractivity contribution in [2.45, 2.75) is 39.2 Å². The monoisotopic (exact) mass is 315 g/mol. The molecule has 0 saturated carbocycles. The van der Waals surface area contributed by atoms with Gasteiger partial charge in [0.15, 0.2) is 0 Å². The number of carbonyl (C=O) groups excluding carboxylic acids is 2. The maximum absolute atomic E-state index is 12.4. The molecule has 2 aliphatic heterocycles. The SMILES string of the molecule is CC1(C(=O)NCc2ccc(N3CCCC3=O)cc2)CCCNC1. The van der Waals surface area contributed by atoms with Crippen LogP contribution >= 0.6 is 0 Å². The lowest BCUT2D eigenvalue weighted by molar-refractivity contribution is -0.131. The Kier molecular flexibility index (Phi) is 4.66. The molecule has 2 N–H and O–H groups in total. The molecule has 124 valence electrons. The number of benzene rings is 1. The highest BCUT2D eigenvalue weighted by Gasteiger charge is 2.34. The van der Waals surface area contributed by atoms with Gasteiger partial charge in [-0.05, 0) is 50.4 Å². The van der Waals surface area contributed by atoms with Crippen LogP contribution in [0.2, 0.25) is 0 Å². The van der Waals surface area contributed by atoms with Crippen molar-refractivity contribution in [2.75, 3.05) is 24.5 Å². The Balaban J connectivity index is 1.56. The first-order valence-electron chi connectivity index (χ1n) is 8.47. The molecular formula is C18H25N3O2. The number of amides is 2. The largest absolute Gasteiger partial charge is 0.352 e. The third kappa shape index (κ3) is 3.55. The zero-order valence-corrected chi connectivity index (χ0v) is 13.7. The fourth-order valence-electron chi connectivity index (χ4n) is 3.36. The van der Waals surface area contributed by atoms with Crippen molar-refractivity contribution in [3.63, 3.8) is 0 Å². The van der Waals surface area contributed by atoms with Gasteiger partial charge in [0.05, 0.1) is 5.41 Å². The molecule has 1 aromatic carbocycles. The fourth-order valence-corrected chi connectivity index (χ4v) is 3.36. The number of piperidine rings is 1. The zero-order chi connectivity index (χ0) is 16.3. The summed E-state index contributed by atoms with van der Waals surface area (Å²) in [5, 5.41) is 6.35. The van der Waals surface area contributed by atoms with Crippen molar-refractivity contribution >= 4 is 17.5 Å². The minimum atomic E-state index is -0.305. The lowest BCUT2D eigenvalue weighted by Crippen LogP contribution is -2.48. The Hall–Kier alpha value is -1.88. The van der Waals surface area contributed by atoms with Crippen LogP contribution in [0.15, 0.2) is 24.3 Å². The van der Waals surface area contributed by atoms with Crippen LogP contribution in [-0.2, 0) is 16.1 Å². The molecule has 1 unspecified atom stereocenters. The maximum atomic E-state index is 12.4. The fraction of sp³-hybridized carbons (Fsp3) is 0.556. The average molecular weight is 315 g/mol. The number of hydrogen-bond donors (Lipinski definition) is 2. The second kappa shape index (κ2) is 6.71. The van der Waals surface area contributed by atoms with Gasteiger partial charge < -0.3 is 15.5 Å². The highest BCUT2D eigenvalue weighted by molar-refractivity contribution is 5.95. The molecule has 0 bridgehead atoms. The molecule has 2 fully saturated rings. The summed E-state index contributed by atoms with van der Waals surface area (Å²) in [6.07, 6.45) is 3.55.